The molecule has 1 aromatic heterocycles. The van der Waals surface area contributed by atoms with Crippen LogP contribution in [0.25, 0.3) is 22.2 Å². The molecule has 4 rings (SSSR count). The Bertz CT molecular complexity index is 1260. The first-order chi connectivity index (χ1) is 15.0. The molecule has 6 nitrogen and oxygen atoms in total. The average Bonchev–Trinajstić information content (AvgIpc) is 2.79. The van der Waals surface area contributed by atoms with Crippen molar-refractivity contribution in [1.29, 1.82) is 0 Å². The molecule has 3 aromatic carbocycles. The van der Waals surface area contributed by atoms with E-state index in [2.05, 4.69) is 21.2 Å². The Labute approximate surface area is 175 Å². The number of halogens is 2. The van der Waals surface area contributed by atoms with Crippen molar-refractivity contribution >= 4 is 28.5 Å². The van der Waals surface area contributed by atoms with Crippen LogP contribution in [0.3, 0.4) is 0 Å². The van der Waals surface area contributed by atoms with Crippen LogP contribution in [0.15, 0.2) is 78.9 Å². The molecule has 4 aromatic rings. The van der Waals surface area contributed by atoms with E-state index in [0.29, 0.717) is 27.8 Å². The molecule has 0 unspecified atom stereocenters. The number of hydrogen-bond acceptors (Lipinski definition) is 3. The van der Waals surface area contributed by atoms with Gasteiger partial charge in [-0.2, -0.15) is 0 Å². The number of hydrogen-bond donors (Lipinski definition) is 3. The first-order valence-electron chi connectivity index (χ1n) is 9.28. The number of benzene rings is 3. The predicted octanol–water partition coefficient (Wildman–Crippen LogP) is 4.65. The van der Waals surface area contributed by atoms with Crippen LogP contribution in [-0.2, 0) is 0 Å². The number of carbonyl (C=O) groups is 2. The first kappa shape index (κ1) is 20.0. The SMILES string of the molecule is O=C(NNC(=O)c1cc(-c2ccc(F)cc2)nc2ccccc12)Nc1ccc(F)cc1. The highest BCUT2D eigenvalue weighted by Crippen LogP contribution is 2.25. The summed E-state index contributed by atoms with van der Waals surface area (Å²) in [4.78, 5) is 29.4. The van der Waals surface area contributed by atoms with Crippen LogP contribution < -0.4 is 16.2 Å². The third-order valence-corrected chi connectivity index (χ3v) is 4.49. The molecule has 3 N–H and O–H groups in total. The van der Waals surface area contributed by atoms with Crippen LogP contribution in [0.5, 0.6) is 0 Å². The molecule has 8 heteroatoms. The van der Waals surface area contributed by atoms with Gasteiger partial charge < -0.3 is 5.32 Å². The molecule has 0 aliphatic heterocycles. The van der Waals surface area contributed by atoms with Gasteiger partial charge in [0.25, 0.3) is 5.91 Å². The Morgan fingerprint density at radius 1 is 0.774 bits per heavy atom. The van der Waals surface area contributed by atoms with Gasteiger partial charge in [-0.25, -0.2) is 24.0 Å². The van der Waals surface area contributed by atoms with Crippen molar-refractivity contribution in [2.75, 3.05) is 5.32 Å². The lowest BCUT2D eigenvalue weighted by molar-refractivity contribution is 0.0939. The minimum atomic E-state index is -0.697. The maximum atomic E-state index is 13.3. The van der Waals surface area contributed by atoms with E-state index in [1.54, 1.807) is 42.5 Å². The second-order valence-electron chi connectivity index (χ2n) is 6.62. The molecule has 0 aliphatic rings. The van der Waals surface area contributed by atoms with E-state index in [1.165, 1.54) is 36.4 Å². The summed E-state index contributed by atoms with van der Waals surface area (Å²) in [7, 11) is 0. The van der Waals surface area contributed by atoms with E-state index in [0.717, 1.165) is 0 Å². The minimum Gasteiger partial charge on any atom is -0.307 e. The number of anilines is 1. The van der Waals surface area contributed by atoms with Gasteiger partial charge in [0.15, 0.2) is 0 Å². The highest BCUT2D eigenvalue weighted by molar-refractivity contribution is 6.07. The maximum absolute atomic E-state index is 13.3. The van der Waals surface area contributed by atoms with Crippen molar-refractivity contribution < 1.29 is 18.4 Å². The van der Waals surface area contributed by atoms with Crippen LogP contribution in [0.4, 0.5) is 19.3 Å². The summed E-state index contributed by atoms with van der Waals surface area (Å²) in [6.45, 7) is 0. The van der Waals surface area contributed by atoms with Crippen molar-refractivity contribution in [2.24, 2.45) is 0 Å². The summed E-state index contributed by atoms with van der Waals surface area (Å²) < 4.78 is 26.2. The minimum absolute atomic E-state index is 0.284. The summed E-state index contributed by atoms with van der Waals surface area (Å²) >= 11 is 0. The number of para-hydroxylation sites is 1. The molecule has 0 spiro atoms. The standard InChI is InChI=1S/C23H16F2N4O2/c24-15-7-5-14(6-8-15)21-13-19(18-3-1-2-4-20(18)27-21)22(30)28-29-23(31)26-17-11-9-16(25)10-12-17/h1-13H,(H,28,30)(H2,26,29,31). The number of urea groups is 1. The number of nitrogens with one attached hydrogen (secondary N) is 3. The van der Waals surface area contributed by atoms with Crippen molar-refractivity contribution in [3.63, 3.8) is 0 Å². The van der Waals surface area contributed by atoms with Crippen LogP contribution >= 0.6 is 0 Å². The van der Waals surface area contributed by atoms with Gasteiger partial charge in [0.2, 0.25) is 0 Å². The van der Waals surface area contributed by atoms with Gasteiger partial charge in [-0.3, -0.25) is 10.2 Å². The van der Waals surface area contributed by atoms with E-state index in [-0.39, 0.29) is 11.4 Å². The smallest absolute Gasteiger partial charge is 0.307 e. The second-order valence-corrected chi connectivity index (χ2v) is 6.62. The monoisotopic (exact) mass is 418 g/mol. The van der Waals surface area contributed by atoms with Crippen molar-refractivity contribution in [2.45, 2.75) is 0 Å². The lowest BCUT2D eigenvalue weighted by Crippen LogP contribution is -2.44. The number of fused-ring (bicyclic) bond motifs is 1. The quantitative estimate of drug-likeness (QED) is 0.424. The third-order valence-electron chi connectivity index (χ3n) is 4.49. The Morgan fingerprint density at radius 3 is 2.13 bits per heavy atom. The molecule has 0 bridgehead atoms. The first-order valence-corrected chi connectivity index (χ1v) is 9.28. The van der Waals surface area contributed by atoms with E-state index >= 15 is 0 Å². The highest BCUT2D eigenvalue weighted by atomic mass is 19.1. The van der Waals surface area contributed by atoms with Gasteiger partial charge in [-0.15, -0.1) is 0 Å². The van der Waals surface area contributed by atoms with Crippen molar-refractivity contribution in [3.8, 4) is 11.3 Å². The number of carbonyl (C=O) groups excluding carboxylic acids is 2. The van der Waals surface area contributed by atoms with Crippen molar-refractivity contribution in [1.82, 2.24) is 15.8 Å². The fourth-order valence-corrected chi connectivity index (χ4v) is 3.01. The van der Waals surface area contributed by atoms with E-state index < -0.39 is 17.8 Å². The fraction of sp³-hybridized carbons (Fsp3) is 0. The molecule has 0 fully saturated rings. The van der Waals surface area contributed by atoms with Gasteiger partial charge >= 0.3 is 6.03 Å². The molecule has 3 amide bonds. The maximum Gasteiger partial charge on any atom is 0.337 e. The highest BCUT2D eigenvalue weighted by Gasteiger charge is 2.15. The fourth-order valence-electron chi connectivity index (χ4n) is 3.01. The van der Waals surface area contributed by atoms with Crippen LogP contribution in [0.1, 0.15) is 10.4 Å². The average molecular weight is 418 g/mol. The normalized spacial score (nSPS) is 10.5. The zero-order valence-electron chi connectivity index (χ0n) is 16.0. The zero-order chi connectivity index (χ0) is 21.8. The zero-order valence-corrected chi connectivity index (χ0v) is 16.0. The molecule has 154 valence electrons. The van der Waals surface area contributed by atoms with E-state index in [1.807, 2.05) is 0 Å². The largest absolute Gasteiger partial charge is 0.337 e. The molecule has 31 heavy (non-hydrogen) atoms. The predicted molar refractivity (Wildman–Crippen MR) is 113 cm³/mol. The van der Waals surface area contributed by atoms with Gasteiger partial charge in [-0.05, 0) is 60.7 Å². The summed E-state index contributed by atoms with van der Waals surface area (Å²) in [5.74, 6) is -1.36. The van der Waals surface area contributed by atoms with Crippen molar-refractivity contribution in [3.05, 3.63) is 96.1 Å². The molecular formula is C23H16F2N4O2. The molecule has 1 heterocycles. The number of hydrazine groups is 1. The molecule has 0 saturated heterocycles. The Hall–Kier alpha value is -4.33. The second kappa shape index (κ2) is 8.58. The number of amides is 3. The van der Waals surface area contributed by atoms with Crippen LogP contribution in [-0.4, -0.2) is 16.9 Å². The topological polar surface area (TPSA) is 83.1 Å². The lowest BCUT2D eigenvalue weighted by Gasteiger charge is -2.12. The Kier molecular flexibility index (Phi) is 5.53. The van der Waals surface area contributed by atoms with Gasteiger partial charge in [0, 0.05) is 16.6 Å². The number of aromatic nitrogens is 1. The summed E-state index contributed by atoms with van der Waals surface area (Å²) in [5, 5.41) is 3.07. The molecule has 0 atom stereocenters. The Balaban J connectivity index is 1.55. The summed E-state index contributed by atoms with van der Waals surface area (Å²) in [6, 6.07) is 18.9. The van der Waals surface area contributed by atoms with Crippen LogP contribution in [0.2, 0.25) is 0 Å². The third kappa shape index (κ3) is 4.64. The van der Waals surface area contributed by atoms with Gasteiger partial charge in [-0.1, -0.05) is 18.2 Å². The lowest BCUT2D eigenvalue weighted by atomic mass is 10.0. The van der Waals surface area contributed by atoms with Gasteiger partial charge in [0.05, 0.1) is 16.8 Å². The summed E-state index contributed by atoms with van der Waals surface area (Å²) in [6.07, 6.45) is 0. The van der Waals surface area contributed by atoms with E-state index in [9.17, 15) is 18.4 Å². The van der Waals surface area contributed by atoms with Gasteiger partial charge in [0.1, 0.15) is 11.6 Å². The molecule has 0 radical (unpaired) electrons. The molecular weight excluding hydrogens is 402 g/mol. The van der Waals surface area contributed by atoms with Crippen LogP contribution in [0, 0.1) is 11.6 Å². The summed E-state index contributed by atoms with van der Waals surface area (Å²) in [5.41, 5.74) is 6.96. The Morgan fingerprint density at radius 2 is 1.42 bits per heavy atom. The number of rotatable bonds is 3. The molecule has 0 aliphatic carbocycles. The molecule has 0 saturated carbocycles. The number of nitrogens with zero attached hydrogens (tertiary/aromatic N) is 1. The number of pyridine rings is 1. The van der Waals surface area contributed by atoms with E-state index in [4.69, 9.17) is 0 Å².